The molecule has 1 aliphatic carbocycles. The van der Waals surface area contributed by atoms with Crippen molar-refractivity contribution >= 4 is 39.2 Å². The van der Waals surface area contributed by atoms with E-state index in [0.717, 1.165) is 79.6 Å². The second-order valence-corrected chi connectivity index (χ2v) is 14.2. The van der Waals surface area contributed by atoms with Gasteiger partial charge < -0.3 is 20.1 Å². The molecular weight excluding hydrogens is 548 g/mol. The molecule has 2 fully saturated rings. The number of rotatable bonds is 7. The Balaban J connectivity index is 1.20. The van der Waals surface area contributed by atoms with Gasteiger partial charge in [-0.05, 0) is 85.3 Å². The van der Waals surface area contributed by atoms with E-state index in [1.165, 1.54) is 22.6 Å². The lowest BCUT2D eigenvalue weighted by atomic mass is 9.71. The van der Waals surface area contributed by atoms with Crippen LogP contribution in [0.1, 0.15) is 79.0 Å². The number of carbonyl (C=O) groups excluding carboxylic acids is 2. The molecule has 2 aliphatic heterocycles. The number of cyclic esters (lactones) is 1. The van der Waals surface area contributed by atoms with Crippen LogP contribution in [0.3, 0.4) is 0 Å². The van der Waals surface area contributed by atoms with E-state index in [1.54, 1.807) is 4.90 Å². The number of likely N-dealkylation sites (tertiary alicyclic amines) is 1. The van der Waals surface area contributed by atoms with Crippen LogP contribution in [0.5, 0.6) is 0 Å². The summed E-state index contributed by atoms with van der Waals surface area (Å²) >= 11 is 1.47. The molecule has 2 aromatic heterocycles. The number of aryl methyl sites for hydroxylation is 1. The van der Waals surface area contributed by atoms with Crippen molar-refractivity contribution in [2.45, 2.75) is 71.4 Å². The first-order valence-corrected chi connectivity index (χ1v) is 16.1. The molecule has 2 N–H and O–H groups in total. The molecule has 0 unspecified atom stereocenters. The Morgan fingerprint density at radius 3 is 2.60 bits per heavy atom. The second-order valence-electron chi connectivity index (χ2n) is 13.2. The van der Waals surface area contributed by atoms with Gasteiger partial charge in [-0.15, -0.1) is 11.3 Å². The summed E-state index contributed by atoms with van der Waals surface area (Å²) in [5.41, 5.74) is 4.57. The standard InChI is InChI=1S/C33H42N4O4S/c1-33(2,3)24-6-9-27-22(19-24)18-23-20-29(42-31(23)35-27)30(39)34-28(12-15-36-13-10-26(38)11-14-36)21-4-7-25(8-5-21)37-16-17-41-32(37)40/h4-5,7-8,18,20,24,26,28,38H,6,9-17,19H2,1-3H3,(H,34,39)/t24-,28+/m0/s1. The van der Waals surface area contributed by atoms with Crippen molar-refractivity contribution in [3.63, 3.8) is 0 Å². The molecule has 2 saturated heterocycles. The lowest BCUT2D eigenvalue weighted by Gasteiger charge is -2.34. The average Bonchev–Trinajstić information content (AvgIpc) is 3.59. The molecular formula is C33H42N4O4S. The van der Waals surface area contributed by atoms with Crippen molar-refractivity contribution in [3.8, 4) is 0 Å². The van der Waals surface area contributed by atoms with E-state index in [0.29, 0.717) is 23.9 Å². The number of anilines is 1. The summed E-state index contributed by atoms with van der Waals surface area (Å²) in [6.45, 7) is 10.4. The van der Waals surface area contributed by atoms with Crippen molar-refractivity contribution in [1.82, 2.24) is 15.2 Å². The van der Waals surface area contributed by atoms with Gasteiger partial charge in [0.2, 0.25) is 0 Å². The van der Waals surface area contributed by atoms with Gasteiger partial charge in [-0.1, -0.05) is 32.9 Å². The van der Waals surface area contributed by atoms with Crippen LogP contribution in [-0.4, -0.2) is 65.9 Å². The summed E-state index contributed by atoms with van der Waals surface area (Å²) in [6, 6.07) is 11.9. The zero-order chi connectivity index (χ0) is 29.4. The number of aromatic nitrogens is 1. The first kappa shape index (κ1) is 29.1. The summed E-state index contributed by atoms with van der Waals surface area (Å²) in [6.07, 6.45) is 4.97. The van der Waals surface area contributed by atoms with Crippen LogP contribution in [0.4, 0.5) is 10.5 Å². The third-order valence-electron chi connectivity index (χ3n) is 9.29. The highest BCUT2D eigenvalue weighted by Crippen LogP contribution is 2.38. The Labute approximate surface area is 252 Å². The van der Waals surface area contributed by atoms with Crippen LogP contribution >= 0.6 is 11.3 Å². The summed E-state index contributed by atoms with van der Waals surface area (Å²) in [5.74, 6) is 0.548. The Kier molecular flexibility index (Phi) is 8.26. The van der Waals surface area contributed by atoms with Gasteiger partial charge in [0.25, 0.3) is 5.91 Å². The monoisotopic (exact) mass is 590 g/mol. The molecule has 0 bridgehead atoms. The molecule has 8 nitrogen and oxygen atoms in total. The zero-order valence-corrected chi connectivity index (χ0v) is 25.7. The van der Waals surface area contributed by atoms with E-state index in [9.17, 15) is 14.7 Å². The van der Waals surface area contributed by atoms with Crippen molar-refractivity contribution in [3.05, 3.63) is 58.1 Å². The van der Waals surface area contributed by atoms with Crippen molar-refractivity contribution in [2.24, 2.45) is 11.3 Å². The van der Waals surface area contributed by atoms with Gasteiger partial charge in [-0.3, -0.25) is 9.69 Å². The molecule has 0 spiro atoms. The maximum absolute atomic E-state index is 13.7. The van der Waals surface area contributed by atoms with Gasteiger partial charge in [-0.25, -0.2) is 9.78 Å². The molecule has 3 aliphatic rings. The number of pyridine rings is 1. The van der Waals surface area contributed by atoms with Crippen LogP contribution in [0.15, 0.2) is 36.4 Å². The van der Waals surface area contributed by atoms with E-state index < -0.39 is 0 Å². The molecule has 1 aromatic carbocycles. The van der Waals surface area contributed by atoms with Gasteiger partial charge >= 0.3 is 6.09 Å². The minimum atomic E-state index is -0.325. The molecule has 0 radical (unpaired) electrons. The number of carbonyl (C=O) groups is 2. The first-order chi connectivity index (χ1) is 20.1. The number of piperidine rings is 1. The summed E-state index contributed by atoms with van der Waals surface area (Å²) in [7, 11) is 0. The molecule has 9 heteroatoms. The zero-order valence-electron chi connectivity index (χ0n) is 24.9. The molecule has 2 amide bonds. The quantitative estimate of drug-likeness (QED) is 0.366. The Morgan fingerprint density at radius 1 is 1.14 bits per heavy atom. The summed E-state index contributed by atoms with van der Waals surface area (Å²) < 4.78 is 5.09. The average molecular weight is 591 g/mol. The highest BCUT2D eigenvalue weighted by molar-refractivity contribution is 7.20. The maximum atomic E-state index is 13.7. The smallest absolute Gasteiger partial charge is 0.414 e. The number of nitrogens with one attached hydrogen (secondary N) is 1. The van der Waals surface area contributed by atoms with Gasteiger partial charge in [0.15, 0.2) is 0 Å². The molecule has 2 atom stereocenters. The number of ether oxygens (including phenoxy) is 1. The van der Waals surface area contributed by atoms with E-state index >= 15 is 0 Å². The van der Waals surface area contributed by atoms with Crippen LogP contribution in [0, 0.1) is 11.3 Å². The molecule has 0 saturated carbocycles. The predicted octanol–water partition coefficient (Wildman–Crippen LogP) is 5.72. The van der Waals surface area contributed by atoms with E-state index in [-0.39, 0.29) is 29.6 Å². The third-order valence-corrected chi connectivity index (χ3v) is 10.3. The normalized spacial score (nSPS) is 20.9. The number of hydrogen-bond donors (Lipinski definition) is 2. The van der Waals surface area contributed by atoms with Crippen LogP contribution < -0.4 is 10.2 Å². The number of aliphatic hydroxyl groups is 1. The molecule has 224 valence electrons. The number of amides is 2. The third kappa shape index (κ3) is 6.33. The fourth-order valence-corrected chi connectivity index (χ4v) is 7.43. The number of nitrogens with zero attached hydrogens (tertiary/aromatic N) is 3. The van der Waals surface area contributed by atoms with E-state index in [2.05, 4.69) is 37.1 Å². The molecule has 4 heterocycles. The van der Waals surface area contributed by atoms with Gasteiger partial charge in [0, 0.05) is 36.4 Å². The van der Waals surface area contributed by atoms with Gasteiger partial charge in [-0.2, -0.15) is 0 Å². The summed E-state index contributed by atoms with van der Waals surface area (Å²) in [4.78, 5) is 36.3. The Morgan fingerprint density at radius 2 is 1.90 bits per heavy atom. The van der Waals surface area contributed by atoms with Crippen LogP contribution in [0.2, 0.25) is 0 Å². The largest absolute Gasteiger partial charge is 0.447 e. The van der Waals surface area contributed by atoms with Gasteiger partial charge in [0.05, 0.1) is 23.6 Å². The molecule has 42 heavy (non-hydrogen) atoms. The number of thiophene rings is 1. The maximum Gasteiger partial charge on any atom is 0.414 e. The minimum Gasteiger partial charge on any atom is -0.447 e. The Hall–Kier alpha value is -3.01. The van der Waals surface area contributed by atoms with Crippen LogP contribution in [-0.2, 0) is 17.6 Å². The predicted molar refractivity (Wildman–Crippen MR) is 166 cm³/mol. The summed E-state index contributed by atoms with van der Waals surface area (Å²) in [5, 5.41) is 14.3. The van der Waals surface area contributed by atoms with Crippen LogP contribution in [0.25, 0.3) is 10.2 Å². The number of fused-ring (bicyclic) bond motifs is 2. The molecule has 6 rings (SSSR count). The topological polar surface area (TPSA) is 95.0 Å². The number of benzene rings is 1. The minimum absolute atomic E-state index is 0.0881. The van der Waals surface area contributed by atoms with Crippen molar-refractivity contribution in [1.29, 1.82) is 0 Å². The van der Waals surface area contributed by atoms with E-state index in [4.69, 9.17) is 9.72 Å². The van der Waals surface area contributed by atoms with Crippen molar-refractivity contribution in [2.75, 3.05) is 37.7 Å². The molecule has 3 aromatic rings. The lowest BCUT2D eigenvalue weighted by molar-refractivity contribution is 0.0796. The van der Waals surface area contributed by atoms with Crippen molar-refractivity contribution < 1.29 is 19.4 Å². The van der Waals surface area contributed by atoms with E-state index in [1.807, 2.05) is 30.3 Å². The number of aliphatic hydroxyl groups excluding tert-OH is 1. The number of hydrogen-bond acceptors (Lipinski definition) is 7. The van der Waals surface area contributed by atoms with Gasteiger partial charge in [0.1, 0.15) is 11.4 Å². The highest BCUT2D eigenvalue weighted by atomic mass is 32.1. The SMILES string of the molecule is CC(C)(C)[C@H]1CCc2nc3sc(C(=O)N[C@H](CCN4CCC(O)CC4)c4ccc(N5CCOC5=O)cc4)cc3cc2C1. The lowest BCUT2D eigenvalue weighted by Crippen LogP contribution is -2.38. The fraction of sp³-hybridized carbons (Fsp3) is 0.545. The highest BCUT2D eigenvalue weighted by Gasteiger charge is 2.30. The second kappa shape index (κ2) is 11.9. The Bertz CT molecular complexity index is 1440. The fourth-order valence-electron chi connectivity index (χ4n) is 6.50. The first-order valence-electron chi connectivity index (χ1n) is 15.3.